The van der Waals surface area contributed by atoms with Crippen molar-refractivity contribution in [1.82, 2.24) is 5.32 Å². The summed E-state index contributed by atoms with van der Waals surface area (Å²) < 4.78 is 0. The molecule has 0 radical (unpaired) electrons. The first-order chi connectivity index (χ1) is 15.2. The maximum atomic E-state index is 12.1. The molecule has 0 saturated heterocycles. The number of carbonyl (C=O) groups is 1. The van der Waals surface area contributed by atoms with Crippen molar-refractivity contribution in [1.29, 1.82) is 0 Å². The van der Waals surface area contributed by atoms with Crippen LogP contribution in [0.2, 0.25) is 0 Å². The van der Waals surface area contributed by atoms with Gasteiger partial charge in [-0.1, -0.05) is 102 Å². The molecular weight excluding hydrogens is 386 g/mol. The Hall–Kier alpha value is -1.13. The fourth-order valence-corrected chi connectivity index (χ4v) is 3.59. The summed E-state index contributed by atoms with van der Waals surface area (Å²) in [6.07, 6.45) is 26.8. The molecule has 31 heavy (non-hydrogen) atoms. The van der Waals surface area contributed by atoms with Gasteiger partial charge in [0.15, 0.2) is 0 Å². The van der Waals surface area contributed by atoms with Crippen LogP contribution in [0, 0.1) is 0 Å². The van der Waals surface area contributed by atoms with Crippen molar-refractivity contribution in [3.05, 3.63) is 24.3 Å². The summed E-state index contributed by atoms with van der Waals surface area (Å²) in [5, 5.41) is 22.5. The van der Waals surface area contributed by atoms with Crippen molar-refractivity contribution >= 4 is 5.91 Å². The Morgan fingerprint density at radius 1 is 0.742 bits per heavy atom. The van der Waals surface area contributed by atoms with E-state index in [2.05, 4.69) is 31.3 Å². The van der Waals surface area contributed by atoms with Gasteiger partial charge in [-0.3, -0.25) is 4.79 Å². The summed E-state index contributed by atoms with van der Waals surface area (Å²) in [4.78, 5) is 12.1. The molecule has 0 heterocycles. The van der Waals surface area contributed by atoms with E-state index in [9.17, 15) is 15.0 Å². The van der Waals surface area contributed by atoms with Gasteiger partial charge in [-0.05, 0) is 38.5 Å². The first-order valence-corrected chi connectivity index (χ1v) is 13.1. The predicted octanol–water partition coefficient (Wildman–Crippen LogP) is 6.61. The van der Waals surface area contributed by atoms with Crippen molar-refractivity contribution < 1.29 is 15.0 Å². The Morgan fingerprint density at radius 2 is 1.23 bits per heavy atom. The largest absolute Gasteiger partial charge is 0.394 e. The van der Waals surface area contributed by atoms with Crippen LogP contribution in [-0.2, 0) is 4.79 Å². The predicted molar refractivity (Wildman–Crippen MR) is 133 cm³/mol. The van der Waals surface area contributed by atoms with E-state index in [1.165, 1.54) is 70.6 Å². The molecule has 182 valence electrons. The van der Waals surface area contributed by atoms with Crippen LogP contribution < -0.4 is 5.32 Å². The molecule has 0 aliphatic carbocycles. The third-order valence-corrected chi connectivity index (χ3v) is 5.68. The highest BCUT2D eigenvalue weighted by atomic mass is 16.3. The van der Waals surface area contributed by atoms with E-state index in [4.69, 9.17) is 0 Å². The molecule has 0 fully saturated rings. The Morgan fingerprint density at radius 3 is 1.81 bits per heavy atom. The average molecular weight is 438 g/mol. The molecule has 4 nitrogen and oxygen atoms in total. The third kappa shape index (κ3) is 20.5. The fourth-order valence-electron chi connectivity index (χ4n) is 3.59. The van der Waals surface area contributed by atoms with Crippen LogP contribution in [0.5, 0.6) is 0 Å². The number of nitrogens with one attached hydrogen (secondary N) is 1. The highest BCUT2D eigenvalue weighted by Crippen LogP contribution is 2.10. The molecule has 0 bridgehead atoms. The summed E-state index contributed by atoms with van der Waals surface area (Å²) in [7, 11) is 0. The molecule has 4 heteroatoms. The quantitative estimate of drug-likeness (QED) is 0.132. The Balaban J connectivity index is 3.82. The number of carbonyl (C=O) groups excluding carboxylic acids is 1. The van der Waals surface area contributed by atoms with Gasteiger partial charge in [0.05, 0.1) is 18.8 Å². The van der Waals surface area contributed by atoms with Gasteiger partial charge in [-0.25, -0.2) is 0 Å². The zero-order valence-electron chi connectivity index (χ0n) is 20.5. The molecule has 0 aromatic heterocycles. The van der Waals surface area contributed by atoms with Crippen LogP contribution in [0.4, 0.5) is 0 Å². The SMILES string of the molecule is CCCCCC/C=C\CCCC(=O)NC(CO)C(O)/C=C/CCCCCCCCCC. The molecule has 2 atom stereocenters. The zero-order valence-corrected chi connectivity index (χ0v) is 20.5. The van der Waals surface area contributed by atoms with Gasteiger partial charge < -0.3 is 15.5 Å². The van der Waals surface area contributed by atoms with E-state index in [1.807, 2.05) is 6.08 Å². The first-order valence-electron chi connectivity index (χ1n) is 13.1. The number of unbranched alkanes of at least 4 members (excludes halogenated alkanes) is 13. The highest BCUT2D eigenvalue weighted by molar-refractivity contribution is 5.76. The number of hydrogen-bond donors (Lipinski definition) is 3. The number of amides is 1. The van der Waals surface area contributed by atoms with Crippen LogP contribution in [0.1, 0.15) is 123 Å². The van der Waals surface area contributed by atoms with E-state index in [0.29, 0.717) is 6.42 Å². The molecule has 0 spiro atoms. The standard InChI is InChI=1S/C27H51NO3/c1-3-5-7-9-11-13-15-16-18-20-22-26(30)25(24-29)28-27(31)23-21-19-17-14-12-10-8-6-4-2/h14,17,20,22,25-26,29-30H,3-13,15-16,18-19,21,23-24H2,1-2H3,(H,28,31)/b17-14-,22-20+. The van der Waals surface area contributed by atoms with Crippen molar-refractivity contribution in [2.24, 2.45) is 0 Å². The van der Waals surface area contributed by atoms with Gasteiger partial charge in [0.2, 0.25) is 5.91 Å². The molecule has 0 aromatic rings. The summed E-state index contributed by atoms with van der Waals surface area (Å²) in [5.74, 6) is -0.106. The number of allylic oxidation sites excluding steroid dienone is 3. The molecule has 2 unspecified atom stereocenters. The Kier molecular flexibility index (Phi) is 22.7. The minimum atomic E-state index is -0.842. The molecule has 3 N–H and O–H groups in total. The third-order valence-electron chi connectivity index (χ3n) is 5.68. The zero-order chi connectivity index (χ0) is 23.0. The lowest BCUT2D eigenvalue weighted by Gasteiger charge is -2.19. The van der Waals surface area contributed by atoms with E-state index < -0.39 is 12.1 Å². The monoisotopic (exact) mass is 437 g/mol. The number of rotatable bonds is 22. The average Bonchev–Trinajstić information content (AvgIpc) is 2.77. The van der Waals surface area contributed by atoms with Gasteiger partial charge in [-0.15, -0.1) is 0 Å². The van der Waals surface area contributed by atoms with Gasteiger partial charge >= 0.3 is 0 Å². The molecule has 0 aromatic carbocycles. The molecule has 0 saturated carbocycles. The van der Waals surface area contributed by atoms with Crippen LogP contribution in [0.25, 0.3) is 0 Å². The van der Waals surface area contributed by atoms with Crippen molar-refractivity contribution in [3.8, 4) is 0 Å². The minimum Gasteiger partial charge on any atom is -0.394 e. The second-order valence-corrected chi connectivity index (χ2v) is 8.75. The maximum absolute atomic E-state index is 12.1. The van der Waals surface area contributed by atoms with Crippen LogP contribution in [-0.4, -0.2) is 34.9 Å². The first kappa shape index (κ1) is 29.9. The van der Waals surface area contributed by atoms with Crippen LogP contribution >= 0.6 is 0 Å². The topological polar surface area (TPSA) is 69.6 Å². The number of aliphatic hydroxyl groups excluding tert-OH is 2. The van der Waals surface area contributed by atoms with E-state index in [-0.39, 0.29) is 12.5 Å². The summed E-state index contributed by atoms with van der Waals surface area (Å²) in [6.45, 7) is 4.20. The van der Waals surface area contributed by atoms with Gasteiger partial charge in [0.25, 0.3) is 0 Å². The Labute approximate surface area is 192 Å². The van der Waals surface area contributed by atoms with E-state index in [0.717, 1.165) is 32.1 Å². The van der Waals surface area contributed by atoms with Crippen molar-refractivity contribution in [2.45, 2.75) is 135 Å². The lowest BCUT2D eigenvalue weighted by molar-refractivity contribution is -0.122. The maximum Gasteiger partial charge on any atom is 0.220 e. The van der Waals surface area contributed by atoms with Crippen LogP contribution in [0.3, 0.4) is 0 Å². The molecule has 0 aliphatic rings. The number of aliphatic hydroxyl groups is 2. The van der Waals surface area contributed by atoms with Gasteiger partial charge in [0, 0.05) is 6.42 Å². The summed E-state index contributed by atoms with van der Waals surface area (Å²) in [5.41, 5.74) is 0. The molecule has 0 aliphatic heterocycles. The van der Waals surface area contributed by atoms with Crippen molar-refractivity contribution in [2.75, 3.05) is 6.61 Å². The molecule has 0 rings (SSSR count). The van der Waals surface area contributed by atoms with E-state index in [1.54, 1.807) is 6.08 Å². The highest BCUT2D eigenvalue weighted by Gasteiger charge is 2.17. The summed E-state index contributed by atoms with van der Waals surface area (Å²) in [6, 6.07) is -0.628. The smallest absolute Gasteiger partial charge is 0.220 e. The lowest BCUT2D eigenvalue weighted by atomic mass is 10.1. The van der Waals surface area contributed by atoms with Gasteiger partial charge in [-0.2, -0.15) is 0 Å². The molecule has 1 amide bonds. The van der Waals surface area contributed by atoms with E-state index >= 15 is 0 Å². The lowest BCUT2D eigenvalue weighted by Crippen LogP contribution is -2.45. The Bertz CT molecular complexity index is 448. The minimum absolute atomic E-state index is 0.106. The molecular formula is C27H51NO3. The van der Waals surface area contributed by atoms with Gasteiger partial charge in [0.1, 0.15) is 0 Å². The fraction of sp³-hybridized carbons (Fsp3) is 0.815. The van der Waals surface area contributed by atoms with Crippen molar-refractivity contribution in [3.63, 3.8) is 0 Å². The summed E-state index contributed by atoms with van der Waals surface area (Å²) >= 11 is 0. The normalized spacial score (nSPS) is 13.8. The van der Waals surface area contributed by atoms with Crippen LogP contribution in [0.15, 0.2) is 24.3 Å². The number of hydrogen-bond acceptors (Lipinski definition) is 3. The second-order valence-electron chi connectivity index (χ2n) is 8.75. The second kappa shape index (κ2) is 23.5.